The minimum atomic E-state index is -0.521. The van der Waals surface area contributed by atoms with Crippen LogP contribution in [0.3, 0.4) is 0 Å². The Hall–Kier alpha value is -2.84. The number of rotatable bonds is 5. The van der Waals surface area contributed by atoms with Gasteiger partial charge in [-0.05, 0) is 17.7 Å². The number of fused-ring (bicyclic) bond motifs is 3. The molecule has 0 bridgehead atoms. The maximum absolute atomic E-state index is 13.1. The Morgan fingerprint density at radius 2 is 1.50 bits per heavy atom. The van der Waals surface area contributed by atoms with Crippen LogP contribution in [0.15, 0.2) is 95.9 Å². The highest BCUT2D eigenvalue weighted by Crippen LogP contribution is 2.44. The number of amides is 1. The third-order valence-corrected chi connectivity index (χ3v) is 7.57. The monoisotopic (exact) mass is 475 g/mol. The average Bonchev–Trinajstić information content (AvgIpc) is 3.22. The Kier molecular flexibility index (Phi) is 6.01. The Labute approximate surface area is 202 Å². The van der Waals surface area contributed by atoms with Gasteiger partial charge in [0.25, 0.3) is 0 Å². The van der Waals surface area contributed by atoms with Gasteiger partial charge in [0, 0.05) is 17.0 Å². The lowest BCUT2D eigenvalue weighted by Gasteiger charge is -2.47. The van der Waals surface area contributed by atoms with E-state index in [0.717, 1.165) is 16.0 Å². The van der Waals surface area contributed by atoms with Crippen LogP contribution in [-0.4, -0.2) is 47.4 Å². The molecule has 174 valence electrons. The Bertz CT molecular complexity index is 1120. The lowest BCUT2D eigenvalue weighted by molar-refractivity contribution is -0.303. The summed E-state index contributed by atoms with van der Waals surface area (Å²) in [5.41, 5.74) is 1.66. The molecule has 0 radical (unpaired) electrons. The molecule has 3 fully saturated rings. The molecule has 3 aromatic carbocycles. The Morgan fingerprint density at radius 3 is 2.24 bits per heavy atom. The molecule has 0 saturated carbocycles. The van der Waals surface area contributed by atoms with Crippen molar-refractivity contribution in [2.75, 3.05) is 6.61 Å². The van der Waals surface area contributed by atoms with E-state index < -0.39 is 18.5 Å². The molecule has 0 aromatic heterocycles. The molecule has 7 heteroatoms. The van der Waals surface area contributed by atoms with E-state index in [1.54, 1.807) is 16.7 Å². The summed E-state index contributed by atoms with van der Waals surface area (Å²) in [5, 5.41) is 0. The molecule has 3 aliphatic heterocycles. The van der Waals surface area contributed by atoms with Crippen molar-refractivity contribution < 1.29 is 23.7 Å². The number of carbonyl (C=O) groups is 1. The molecular formula is C27H25NO5S. The topological polar surface area (TPSA) is 57.2 Å². The molecule has 6 nitrogen and oxygen atoms in total. The molecule has 0 spiro atoms. The summed E-state index contributed by atoms with van der Waals surface area (Å²) in [7, 11) is 0. The number of hydrogen-bond donors (Lipinski definition) is 0. The van der Waals surface area contributed by atoms with Crippen LogP contribution >= 0.6 is 11.8 Å². The highest BCUT2D eigenvalue weighted by Gasteiger charge is 2.58. The lowest BCUT2D eigenvalue weighted by atomic mass is 9.96. The van der Waals surface area contributed by atoms with Crippen LogP contribution in [-0.2, 0) is 25.5 Å². The van der Waals surface area contributed by atoms with Crippen molar-refractivity contribution in [2.45, 2.75) is 47.5 Å². The zero-order chi connectivity index (χ0) is 22.9. The van der Waals surface area contributed by atoms with Crippen LogP contribution in [0.2, 0.25) is 0 Å². The molecule has 1 amide bonds. The first kappa shape index (κ1) is 21.7. The fourth-order valence-electron chi connectivity index (χ4n) is 4.79. The van der Waals surface area contributed by atoms with Gasteiger partial charge in [-0.3, -0.25) is 4.90 Å². The van der Waals surface area contributed by atoms with Crippen LogP contribution in [0.25, 0.3) is 0 Å². The quantitative estimate of drug-likeness (QED) is 0.517. The van der Waals surface area contributed by atoms with Gasteiger partial charge in [0.15, 0.2) is 12.4 Å². The second kappa shape index (κ2) is 9.43. The minimum Gasteiger partial charge on any atom is -0.441 e. The lowest BCUT2D eigenvalue weighted by Crippen LogP contribution is -2.62. The standard InChI is InChI=1S/C27H25NO5S/c29-27-28(16-18-10-4-1-5-11-18)22-24(33-27)23-21(31-26(22)34-20-14-8-3-9-15-20)17-30-25(32-23)19-12-6-2-7-13-19/h1-15,21-26H,16-17H2/t21-,22-,23-,24-,25+,26+/m1/s1. The normalized spacial score (nSPS) is 30.4. The van der Waals surface area contributed by atoms with Crippen LogP contribution in [0.5, 0.6) is 0 Å². The maximum Gasteiger partial charge on any atom is 0.411 e. The molecule has 3 saturated heterocycles. The average molecular weight is 476 g/mol. The van der Waals surface area contributed by atoms with Crippen molar-refractivity contribution in [1.29, 1.82) is 0 Å². The van der Waals surface area contributed by atoms with Crippen LogP contribution in [0, 0.1) is 0 Å². The first-order valence-electron chi connectivity index (χ1n) is 11.5. The fourth-order valence-corrected chi connectivity index (χ4v) is 6.01. The van der Waals surface area contributed by atoms with Crippen molar-refractivity contribution >= 4 is 17.9 Å². The minimum absolute atomic E-state index is 0.298. The van der Waals surface area contributed by atoms with Crippen LogP contribution < -0.4 is 0 Å². The van der Waals surface area contributed by atoms with Gasteiger partial charge in [-0.1, -0.05) is 90.6 Å². The predicted molar refractivity (Wildman–Crippen MR) is 127 cm³/mol. The number of nitrogens with zero attached hydrogens (tertiary/aromatic N) is 1. The number of benzene rings is 3. The van der Waals surface area contributed by atoms with Gasteiger partial charge in [-0.25, -0.2) is 4.79 Å². The first-order chi connectivity index (χ1) is 16.8. The fraction of sp³-hybridized carbons (Fsp3) is 0.296. The van der Waals surface area contributed by atoms with E-state index in [1.165, 1.54) is 0 Å². The SMILES string of the molecule is O=C1O[C@H]2[C@@H]3O[C@@H](c4ccccc4)OC[C@H]3O[C@@H](Sc3ccccc3)[C@@H]2N1Cc1ccccc1. The third kappa shape index (κ3) is 4.20. The summed E-state index contributed by atoms with van der Waals surface area (Å²) >= 11 is 1.60. The zero-order valence-electron chi connectivity index (χ0n) is 18.4. The summed E-state index contributed by atoms with van der Waals surface area (Å²) in [6, 6.07) is 29.6. The number of carbonyl (C=O) groups excluding carboxylic acids is 1. The third-order valence-electron chi connectivity index (χ3n) is 6.40. The van der Waals surface area contributed by atoms with E-state index in [1.807, 2.05) is 91.0 Å². The van der Waals surface area contributed by atoms with Crippen molar-refractivity contribution in [2.24, 2.45) is 0 Å². The Morgan fingerprint density at radius 1 is 0.824 bits per heavy atom. The molecule has 0 aliphatic carbocycles. The first-order valence-corrected chi connectivity index (χ1v) is 12.3. The van der Waals surface area contributed by atoms with Crippen molar-refractivity contribution in [3.05, 3.63) is 102 Å². The molecular weight excluding hydrogens is 450 g/mol. The zero-order valence-corrected chi connectivity index (χ0v) is 19.3. The number of thioether (sulfide) groups is 1. The van der Waals surface area contributed by atoms with Gasteiger partial charge >= 0.3 is 6.09 Å². The van der Waals surface area contributed by atoms with Crippen LogP contribution in [0.1, 0.15) is 17.4 Å². The Balaban J connectivity index is 1.30. The van der Waals surface area contributed by atoms with Gasteiger partial charge in [0.05, 0.1) is 6.61 Å². The summed E-state index contributed by atoms with van der Waals surface area (Å²) in [4.78, 5) is 16.0. The highest BCUT2D eigenvalue weighted by atomic mass is 32.2. The van der Waals surface area contributed by atoms with E-state index in [4.69, 9.17) is 18.9 Å². The molecule has 0 unspecified atom stereocenters. The second-order valence-electron chi connectivity index (χ2n) is 8.60. The molecule has 3 aromatic rings. The largest absolute Gasteiger partial charge is 0.441 e. The predicted octanol–water partition coefficient (Wildman–Crippen LogP) is 5.01. The smallest absolute Gasteiger partial charge is 0.411 e. The van der Waals surface area contributed by atoms with Gasteiger partial charge in [0.1, 0.15) is 23.7 Å². The number of ether oxygens (including phenoxy) is 4. The molecule has 6 rings (SSSR count). The number of hydrogen-bond acceptors (Lipinski definition) is 6. The van der Waals surface area contributed by atoms with Crippen molar-refractivity contribution in [3.63, 3.8) is 0 Å². The van der Waals surface area contributed by atoms with Gasteiger partial charge in [-0.2, -0.15) is 0 Å². The van der Waals surface area contributed by atoms with E-state index in [0.29, 0.717) is 13.2 Å². The molecule has 3 heterocycles. The molecule has 6 atom stereocenters. The van der Waals surface area contributed by atoms with E-state index in [-0.39, 0.29) is 23.7 Å². The highest BCUT2D eigenvalue weighted by molar-refractivity contribution is 7.99. The van der Waals surface area contributed by atoms with Gasteiger partial charge < -0.3 is 18.9 Å². The summed E-state index contributed by atoms with van der Waals surface area (Å²) in [6.45, 7) is 0.821. The second-order valence-corrected chi connectivity index (χ2v) is 9.77. The molecule has 0 N–H and O–H groups in total. The van der Waals surface area contributed by atoms with Gasteiger partial charge in [0.2, 0.25) is 0 Å². The molecule has 34 heavy (non-hydrogen) atoms. The molecule has 3 aliphatic rings. The maximum atomic E-state index is 13.1. The van der Waals surface area contributed by atoms with E-state index in [9.17, 15) is 4.79 Å². The van der Waals surface area contributed by atoms with E-state index >= 15 is 0 Å². The van der Waals surface area contributed by atoms with Gasteiger partial charge in [-0.15, -0.1) is 0 Å². The summed E-state index contributed by atoms with van der Waals surface area (Å²) in [5.74, 6) is 0. The summed E-state index contributed by atoms with van der Waals surface area (Å²) < 4.78 is 24.9. The van der Waals surface area contributed by atoms with E-state index in [2.05, 4.69) is 0 Å². The van der Waals surface area contributed by atoms with Crippen LogP contribution in [0.4, 0.5) is 4.79 Å². The van der Waals surface area contributed by atoms with Crippen molar-refractivity contribution in [3.8, 4) is 0 Å². The summed E-state index contributed by atoms with van der Waals surface area (Å²) in [6.07, 6.45) is -2.06. The van der Waals surface area contributed by atoms with Crippen molar-refractivity contribution in [1.82, 2.24) is 4.90 Å².